The Kier molecular flexibility index (Phi) is 4.72. The van der Waals surface area contributed by atoms with Gasteiger partial charge in [-0.2, -0.15) is 0 Å². The summed E-state index contributed by atoms with van der Waals surface area (Å²) in [6.45, 7) is 1.92. The summed E-state index contributed by atoms with van der Waals surface area (Å²) in [5.41, 5.74) is 0.993. The van der Waals surface area contributed by atoms with Gasteiger partial charge in [0.2, 0.25) is 11.8 Å². The molecule has 1 aliphatic heterocycles. The summed E-state index contributed by atoms with van der Waals surface area (Å²) in [4.78, 5) is 24.7. The molecule has 1 saturated heterocycles. The average molecular weight is 258 g/mol. The van der Waals surface area contributed by atoms with E-state index in [0.29, 0.717) is 19.5 Å². The fourth-order valence-corrected chi connectivity index (χ4v) is 2.05. The number of hydrogen-bond donors (Lipinski definition) is 1. The third-order valence-electron chi connectivity index (χ3n) is 3.08. The molecule has 0 saturated carbocycles. The van der Waals surface area contributed by atoms with Gasteiger partial charge in [-0.3, -0.25) is 9.59 Å². The second-order valence-electron chi connectivity index (χ2n) is 4.52. The van der Waals surface area contributed by atoms with Crippen LogP contribution in [0.1, 0.15) is 18.4 Å². The number of hydrogen-bond acceptors (Lipinski definition) is 2. The third kappa shape index (κ3) is 4.25. The molecule has 0 radical (unpaired) electrons. The summed E-state index contributed by atoms with van der Waals surface area (Å²) in [7, 11) is 0. The molecule has 2 rings (SSSR count). The molecule has 0 spiro atoms. The van der Waals surface area contributed by atoms with Crippen molar-refractivity contribution in [1.29, 1.82) is 0 Å². The lowest BCUT2D eigenvalue weighted by Crippen LogP contribution is -2.34. The molecule has 1 N–H and O–H groups in total. The second-order valence-corrected chi connectivity index (χ2v) is 4.52. The number of nitrogens with one attached hydrogen (secondary N) is 1. The van der Waals surface area contributed by atoms with Gasteiger partial charge in [-0.25, -0.2) is 0 Å². The van der Waals surface area contributed by atoms with Crippen LogP contribution in [0.4, 0.5) is 0 Å². The van der Waals surface area contributed by atoms with Crippen LogP contribution in [0.3, 0.4) is 0 Å². The van der Waals surface area contributed by atoms with E-state index < -0.39 is 0 Å². The minimum atomic E-state index is -0.129. The quantitative estimate of drug-likeness (QED) is 0.812. The van der Waals surface area contributed by atoms with Crippen molar-refractivity contribution < 1.29 is 9.59 Å². The van der Waals surface area contributed by atoms with Gasteiger partial charge in [0.1, 0.15) is 0 Å². The van der Waals surface area contributed by atoms with Gasteiger partial charge >= 0.3 is 0 Å². The molecule has 2 amide bonds. The Morgan fingerprint density at radius 2 is 2.11 bits per heavy atom. The topological polar surface area (TPSA) is 49.4 Å². The van der Waals surface area contributed by atoms with Crippen molar-refractivity contribution in [3.05, 3.63) is 42.0 Å². The highest BCUT2D eigenvalue weighted by molar-refractivity contribution is 5.91. The maximum Gasteiger partial charge on any atom is 0.244 e. The summed E-state index contributed by atoms with van der Waals surface area (Å²) in [6.07, 6.45) is 4.86. The van der Waals surface area contributed by atoms with E-state index >= 15 is 0 Å². The molecular weight excluding hydrogens is 240 g/mol. The lowest BCUT2D eigenvalue weighted by atomic mass is 10.2. The third-order valence-corrected chi connectivity index (χ3v) is 3.08. The highest BCUT2D eigenvalue weighted by atomic mass is 16.2. The number of nitrogens with zero attached hydrogens (tertiary/aromatic N) is 1. The molecule has 1 heterocycles. The van der Waals surface area contributed by atoms with E-state index in [-0.39, 0.29) is 11.8 Å². The maximum atomic E-state index is 11.6. The summed E-state index contributed by atoms with van der Waals surface area (Å²) < 4.78 is 0. The van der Waals surface area contributed by atoms with Gasteiger partial charge in [-0.05, 0) is 18.1 Å². The summed E-state index contributed by atoms with van der Waals surface area (Å²) >= 11 is 0. The number of likely N-dealkylation sites (tertiary alicyclic amines) is 1. The van der Waals surface area contributed by atoms with Crippen molar-refractivity contribution in [1.82, 2.24) is 10.2 Å². The molecule has 0 atom stereocenters. The first-order valence-corrected chi connectivity index (χ1v) is 6.54. The molecule has 1 aromatic rings. The number of amides is 2. The molecule has 0 unspecified atom stereocenters. The van der Waals surface area contributed by atoms with Crippen LogP contribution in [-0.4, -0.2) is 36.3 Å². The summed E-state index contributed by atoms with van der Waals surface area (Å²) in [5.74, 6) is 0.0598. The molecule has 0 aliphatic carbocycles. The van der Waals surface area contributed by atoms with Gasteiger partial charge in [0.05, 0.1) is 0 Å². The highest BCUT2D eigenvalue weighted by Gasteiger charge is 2.19. The second kappa shape index (κ2) is 6.73. The van der Waals surface area contributed by atoms with Crippen LogP contribution in [0.2, 0.25) is 0 Å². The van der Waals surface area contributed by atoms with E-state index in [1.165, 1.54) is 6.08 Å². The lowest BCUT2D eigenvalue weighted by molar-refractivity contribution is -0.128. The van der Waals surface area contributed by atoms with E-state index in [1.54, 1.807) is 11.0 Å². The molecule has 0 aromatic heterocycles. The zero-order chi connectivity index (χ0) is 13.5. The molecule has 19 heavy (non-hydrogen) atoms. The van der Waals surface area contributed by atoms with Crippen molar-refractivity contribution in [2.75, 3.05) is 19.6 Å². The van der Waals surface area contributed by atoms with Gasteiger partial charge in [-0.15, -0.1) is 0 Å². The van der Waals surface area contributed by atoms with E-state index in [0.717, 1.165) is 18.5 Å². The number of rotatable bonds is 5. The van der Waals surface area contributed by atoms with Crippen molar-refractivity contribution in [3.8, 4) is 0 Å². The lowest BCUT2D eigenvalue weighted by Gasteiger charge is -2.14. The molecule has 1 aromatic carbocycles. The molecule has 0 bridgehead atoms. The fourth-order valence-electron chi connectivity index (χ4n) is 2.05. The largest absolute Gasteiger partial charge is 0.351 e. The van der Waals surface area contributed by atoms with Crippen molar-refractivity contribution >= 4 is 17.9 Å². The van der Waals surface area contributed by atoms with Crippen LogP contribution in [0.25, 0.3) is 6.08 Å². The SMILES string of the molecule is O=C(C=Cc1ccccc1)NCCN1CCCC1=O. The molecule has 1 fully saturated rings. The number of benzene rings is 1. The predicted molar refractivity (Wildman–Crippen MR) is 74.3 cm³/mol. The Hall–Kier alpha value is -2.10. The molecule has 100 valence electrons. The predicted octanol–water partition coefficient (Wildman–Crippen LogP) is 1.44. The smallest absolute Gasteiger partial charge is 0.244 e. The maximum absolute atomic E-state index is 11.6. The first kappa shape index (κ1) is 13.3. The summed E-state index contributed by atoms with van der Waals surface area (Å²) in [6, 6.07) is 9.66. The standard InChI is InChI=1S/C15H18N2O2/c18-14(9-8-13-5-2-1-3-6-13)16-10-12-17-11-4-7-15(17)19/h1-3,5-6,8-9H,4,7,10-12H2,(H,16,18). The molecule has 1 aliphatic rings. The van der Waals surface area contributed by atoms with Gasteiger partial charge in [-0.1, -0.05) is 30.3 Å². The molecule has 4 nitrogen and oxygen atoms in total. The van der Waals surface area contributed by atoms with Crippen LogP contribution in [0, 0.1) is 0 Å². The van der Waals surface area contributed by atoms with Crippen LogP contribution >= 0.6 is 0 Å². The van der Waals surface area contributed by atoms with Gasteiger partial charge in [0.15, 0.2) is 0 Å². The Morgan fingerprint density at radius 1 is 1.32 bits per heavy atom. The highest BCUT2D eigenvalue weighted by Crippen LogP contribution is 2.07. The Balaban J connectivity index is 1.70. The van der Waals surface area contributed by atoms with Crippen molar-refractivity contribution in [2.24, 2.45) is 0 Å². The van der Waals surface area contributed by atoms with E-state index in [4.69, 9.17) is 0 Å². The Labute approximate surface area is 113 Å². The van der Waals surface area contributed by atoms with Crippen LogP contribution in [0.15, 0.2) is 36.4 Å². The minimum absolute atomic E-state index is 0.129. The molecule has 4 heteroatoms. The average Bonchev–Trinajstić information content (AvgIpc) is 2.83. The zero-order valence-corrected chi connectivity index (χ0v) is 10.8. The summed E-state index contributed by atoms with van der Waals surface area (Å²) in [5, 5.41) is 2.78. The van der Waals surface area contributed by atoms with Crippen LogP contribution in [0.5, 0.6) is 0 Å². The van der Waals surface area contributed by atoms with Crippen molar-refractivity contribution in [3.63, 3.8) is 0 Å². The Morgan fingerprint density at radius 3 is 2.79 bits per heavy atom. The van der Waals surface area contributed by atoms with E-state index in [9.17, 15) is 9.59 Å². The van der Waals surface area contributed by atoms with Gasteiger partial charge in [0.25, 0.3) is 0 Å². The Bertz CT molecular complexity index is 468. The fraction of sp³-hybridized carbons (Fsp3) is 0.333. The first-order valence-electron chi connectivity index (χ1n) is 6.54. The van der Waals surface area contributed by atoms with E-state index in [2.05, 4.69) is 5.32 Å². The van der Waals surface area contributed by atoms with Gasteiger partial charge in [0, 0.05) is 32.1 Å². The monoisotopic (exact) mass is 258 g/mol. The van der Waals surface area contributed by atoms with Crippen LogP contribution < -0.4 is 5.32 Å². The normalized spacial score (nSPS) is 15.2. The molecular formula is C15H18N2O2. The van der Waals surface area contributed by atoms with Crippen LogP contribution in [-0.2, 0) is 9.59 Å². The first-order chi connectivity index (χ1) is 9.25. The zero-order valence-electron chi connectivity index (χ0n) is 10.8. The minimum Gasteiger partial charge on any atom is -0.351 e. The number of carbonyl (C=O) groups excluding carboxylic acids is 2. The van der Waals surface area contributed by atoms with E-state index in [1.807, 2.05) is 30.3 Å². The van der Waals surface area contributed by atoms with Gasteiger partial charge < -0.3 is 10.2 Å². The number of carbonyl (C=O) groups is 2. The van der Waals surface area contributed by atoms with Crippen molar-refractivity contribution in [2.45, 2.75) is 12.8 Å².